The van der Waals surface area contributed by atoms with E-state index < -0.39 is 4.92 Å². The van der Waals surface area contributed by atoms with Gasteiger partial charge in [-0.15, -0.1) is 5.10 Å². The molecule has 0 bridgehead atoms. The van der Waals surface area contributed by atoms with Crippen LogP contribution in [0.5, 0.6) is 5.75 Å². The van der Waals surface area contributed by atoms with Crippen molar-refractivity contribution >= 4 is 29.5 Å². The smallest absolute Gasteiger partial charge is 0.288 e. The molecule has 0 saturated heterocycles. The van der Waals surface area contributed by atoms with Gasteiger partial charge in [-0.25, -0.2) is 0 Å². The standard InChI is InChI=1S/C9H10ClN5O3/c1-18-8-3-6(10)7(15(16)17)2-5(8)4-13-14-9(11)12/h2-4H,1H3,(H4,11,12,14)/b13-4+. The van der Waals surface area contributed by atoms with Crippen molar-refractivity contribution in [2.24, 2.45) is 21.7 Å². The summed E-state index contributed by atoms with van der Waals surface area (Å²) in [6.07, 6.45) is 1.22. The zero-order valence-electron chi connectivity index (χ0n) is 9.33. The number of guanidine groups is 1. The van der Waals surface area contributed by atoms with Crippen LogP contribution in [0.3, 0.4) is 0 Å². The Morgan fingerprint density at radius 2 is 2.22 bits per heavy atom. The third-order valence-corrected chi connectivity index (χ3v) is 2.17. The third kappa shape index (κ3) is 3.32. The fourth-order valence-corrected chi connectivity index (χ4v) is 1.36. The van der Waals surface area contributed by atoms with E-state index in [-0.39, 0.29) is 16.7 Å². The van der Waals surface area contributed by atoms with Gasteiger partial charge in [-0.2, -0.15) is 5.10 Å². The zero-order valence-corrected chi connectivity index (χ0v) is 10.1. The Labute approximate surface area is 107 Å². The van der Waals surface area contributed by atoms with Crippen molar-refractivity contribution in [3.05, 3.63) is 32.8 Å². The van der Waals surface area contributed by atoms with Crippen LogP contribution in [0.1, 0.15) is 5.56 Å². The second-order valence-corrected chi connectivity index (χ2v) is 3.48. The molecule has 1 aromatic carbocycles. The minimum Gasteiger partial charge on any atom is -0.496 e. The van der Waals surface area contributed by atoms with E-state index in [1.165, 1.54) is 25.5 Å². The summed E-state index contributed by atoms with van der Waals surface area (Å²) in [5, 5.41) is 17.6. The lowest BCUT2D eigenvalue weighted by molar-refractivity contribution is -0.384. The minimum atomic E-state index is -0.611. The lowest BCUT2D eigenvalue weighted by Crippen LogP contribution is -2.21. The van der Waals surface area contributed by atoms with Crippen molar-refractivity contribution < 1.29 is 9.66 Å². The van der Waals surface area contributed by atoms with Gasteiger partial charge in [0.2, 0.25) is 5.96 Å². The first-order valence-corrected chi connectivity index (χ1v) is 4.97. The van der Waals surface area contributed by atoms with Gasteiger partial charge < -0.3 is 16.2 Å². The van der Waals surface area contributed by atoms with Gasteiger partial charge in [0.15, 0.2) is 0 Å². The summed E-state index contributed by atoms with van der Waals surface area (Å²) in [4.78, 5) is 10.1. The van der Waals surface area contributed by atoms with Crippen LogP contribution in [0.15, 0.2) is 22.3 Å². The molecule has 18 heavy (non-hydrogen) atoms. The van der Waals surface area contributed by atoms with Crippen molar-refractivity contribution in [3.8, 4) is 5.75 Å². The van der Waals surface area contributed by atoms with Gasteiger partial charge in [0.25, 0.3) is 5.69 Å². The highest BCUT2D eigenvalue weighted by Gasteiger charge is 2.16. The molecule has 0 unspecified atom stereocenters. The highest BCUT2D eigenvalue weighted by molar-refractivity contribution is 6.33. The average Bonchev–Trinajstić information content (AvgIpc) is 2.29. The Kier molecular flexibility index (Phi) is 4.44. The average molecular weight is 272 g/mol. The van der Waals surface area contributed by atoms with E-state index in [9.17, 15) is 10.1 Å². The molecule has 9 heteroatoms. The highest BCUT2D eigenvalue weighted by Crippen LogP contribution is 2.31. The predicted molar refractivity (Wildman–Crippen MR) is 68.1 cm³/mol. The van der Waals surface area contributed by atoms with Crippen molar-refractivity contribution in [2.45, 2.75) is 0 Å². The first-order valence-electron chi connectivity index (χ1n) is 4.59. The van der Waals surface area contributed by atoms with E-state index in [4.69, 9.17) is 27.8 Å². The number of hydrogen-bond acceptors (Lipinski definition) is 5. The molecule has 0 atom stereocenters. The van der Waals surface area contributed by atoms with E-state index in [0.717, 1.165) is 0 Å². The molecule has 0 heterocycles. The molecule has 0 spiro atoms. The molecule has 0 fully saturated rings. The number of benzene rings is 1. The minimum absolute atomic E-state index is 0.0316. The van der Waals surface area contributed by atoms with Gasteiger partial charge in [0.1, 0.15) is 10.8 Å². The summed E-state index contributed by atoms with van der Waals surface area (Å²) in [5.41, 5.74) is 10.2. The summed E-state index contributed by atoms with van der Waals surface area (Å²) in [6.45, 7) is 0. The predicted octanol–water partition coefficient (Wildman–Crippen LogP) is 0.864. The Morgan fingerprint density at radius 3 is 2.72 bits per heavy atom. The van der Waals surface area contributed by atoms with Crippen molar-refractivity contribution in [2.75, 3.05) is 7.11 Å². The molecule has 4 N–H and O–H groups in total. The molecule has 1 aromatic rings. The molecule has 0 aromatic heterocycles. The van der Waals surface area contributed by atoms with E-state index in [1.807, 2.05) is 0 Å². The number of rotatable bonds is 4. The Bertz CT molecular complexity index is 525. The van der Waals surface area contributed by atoms with Crippen LogP contribution < -0.4 is 16.2 Å². The topological polar surface area (TPSA) is 129 Å². The largest absolute Gasteiger partial charge is 0.496 e. The molecular formula is C9H10ClN5O3. The van der Waals surface area contributed by atoms with Crippen molar-refractivity contribution in [1.82, 2.24) is 0 Å². The van der Waals surface area contributed by atoms with Gasteiger partial charge in [-0.1, -0.05) is 11.6 Å². The molecule has 0 aliphatic carbocycles. The molecule has 0 radical (unpaired) electrons. The van der Waals surface area contributed by atoms with Gasteiger partial charge in [0.05, 0.1) is 18.2 Å². The SMILES string of the molecule is COc1cc(Cl)c([N+](=O)[O-])cc1/C=N/N=C(N)N. The molecule has 96 valence electrons. The lowest BCUT2D eigenvalue weighted by atomic mass is 10.2. The maximum atomic E-state index is 10.7. The van der Waals surface area contributed by atoms with E-state index in [2.05, 4.69) is 10.2 Å². The second kappa shape index (κ2) is 5.82. The quantitative estimate of drug-likeness (QED) is 0.363. The molecule has 1 rings (SSSR count). The lowest BCUT2D eigenvalue weighted by Gasteiger charge is -2.04. The van der Waals surface area contributed by atoms with Gasteiger partial charge >= 0.3 is 0 Å². The zero-order chi connectivity index (χ0) is 13.7. The van der Waals surface area contributed by atoms with E-state index in [1.54, 1.807) is 0 Å². The molecule has 0 amide bonds. The number of hydrogen-bond donors (Lipinski definition) is 2. The first kappa shape index (κ1) is 13.7. The number of nitrogens with two attached hydrogens (primary N) is 2. The van der Waals surface area contributed by atoms with Crippen molar-refractivity contribution in [3.63, 3.8) is 0 Å². The maximum Gasteiger partial charge on any atom is 0.288 e. The van der Waals surface area contributed by atoms with Crippen LogP contribution >= 0.6 is 11.6 Å². The summed E-state index contributed by atoms with van der Waals surface area (Å²) in [6, 6.07) is 2.53. The number of halogens is 1. The molecule has 0 aliphatic heterocycles. The number of nitrogens with zero attached hydrogens (tertiary/aromatic N) is 3. The number of ether oxygens (including phenoxy) is 1. The molecule has 0 saturated carbocycles. The molecular weight excluding hydrogens is 262 g/mol. The third-order valence-electron chi connectivity index (χ3n) is 1.87. The normalized spacial score (nSPS) is 10.3. The molecule has 8 nitrogen and oxygen atoms in total. The summed E-state index contributed by atoms with van der Waals surface area (Å²) in [7, 11) is 1.40. The van der Waals surface area contributed by atoms with E-state index >= 15 is 0 Å². The molecule has 0 aliphatic rings. The summed E-state index contributed by atoms with van der Waals surface area (Å²) in [5.74, 6) is 0.0915. The van der Waals surface area contributed by atoms with Gasteiger partial charge in [-0.3, -0.25) is 10.1 Å². The summed E-state index contributed by atoms with van der Waals surface area (Å²) < 4.78 is 5.01. The van der Waals surface area contributed by atoms with Gasteiger partial charge in [-0.05, 0) is 0 Å². The first-order chi connectivity index (χ1) is 8.45. The van der Waals surface area contributed by atoms with Crippen molar-refractivity contribution in [1.29, 1.82) is 0 Å². The Hall–Kier alpha value is -2.35. The number of nitro benzene ring substituents is 1. The fraction of sp³-hybridized carbons (Fsp3) is 0.111. The number of nitro groups is 1. The van der Waals surface area contributed by atoms with E-state index in [0.29, 0.717) is 11.3 Å². The second-order valence-electron chi connectivity index (χ2n) is 3.07. The van der Waals surface area contributed by atoms with Crippen LogP contribution in [-0.2, 0) is 0 Å². The van der Waals surface area contributed by atoms with Crippen LogP contribution in [0.2, 0.25) is 5.02 Å². The maximum absolute atomic E-state index is 10.7. The van der Waals surface area contributed by atoms with Crippen LogP contribution in [0.25, 0.3) is 0 Å². The Morgan fingerprint density at radius 1 is 1.56 bits per heavy atom. The van der Waals surface area contributed by atoms with Crippen LogP contribution in [0.4, 0.5) is 5.69 Å². The van der Waals surface area contributed by atoms with Crippen LogP contribution in [-0.4, -0.2) is 24.2 Å². The van der Waals surface area contributed by atoms with Gasteiger partial charge in [0, 0.05) is 17.7 Å². The summed E-state index contributed by atoms with van der Waals surface area (Å²) >= 11 is 5.73. The fourth-order valence-electron chi connectivity index (χ4n) is 1.14. The monoisotopic (exact) mass is 271 g/mol. The Balaban J connectivity index is 3.24. The number of methoxy groups -OCH3 is 1. The van der Waals surface area contributed by atoms with Crippen LogP contribution in [0, 0.1) is 10.1 Å². The highest BCUT2D eigenvalue weighted by atomic mass is 35.5.